The van der Waals surface area contributed by atoms with Crippen LogP contribution in [0, 0.1) is 6.92 Å². The van der Waals surface area contributed by atoms with Gasteiger partial charge in [-0.15, -0.1) is 11.3 Å². The molecule has 0 radical (unpaired) electrons. The number of hydrogen-bond acceptors (Lipinski definition) is 9. The number of carbonyl (C=O) groups is 4. The van der Waals surface area contributed by atoms with Gasteiger partial charge in [0.25, 0.3) is 5.91 Å². The van der Waals surface area contributed by atoms with Gasteiger partial charge in [0.05, 0.1) is 13.7 Å². The molecule has 35 heavy (non-hydrogen) atoms. The van der Waals surface area contributed by atoms with E-state index in [1.54, 1.807) is 52.0 Å². The lowest BCUT2D eigenvalue weighted by Gasteiger charge is -2.19. The summed E-state index contributed by atoms with van der Waals surface area (Å²) >= 11 is 1.28. The lowest BCUT2D eigenvalue weighted by molar-refractivity contribution is -0.144. The summed E-state index contributed by atoms with van der Waals surface area (Å²) in [5, 5.41) is 17.6. The molecule has 2 aromatic rings. The minimum Gasteiger partial charge on any atom is -0.467 e. The number of hydrogen-bond donors (Lipinski definition) is 4. The number of aliphatic hydroxyl groups excluding tert-OH is 1. The Bertz CT molecular complexity index is 1080. The lowest BCUT2D eigenvalue weighted by Crippen LogP contribution is -2.52. The first kappa shape index (κ1) is 27.7. The van der Waals surface area contributed by atoms with Crippen molar-refractivity contribution in [3.05, 3.63) is 34.8 Å². The fourth-order valence-corrected chi connectivity index (χ4v) is 3.73. The smallest absolute Gasteiger partial charge is 0.412 e. The van der Waals surface area contributed by atoms with Gasteiger partial charge in [0.1, 0.15) is 28.4 Å². The number of aryl methyl sites for hydroxylation is 1. The van der Waals surface area contributed by atoms with Crippen LogP contribution in [-0.2, 0) is 19.1 Å². The van der Waals surface area contributed by atoms with E-state index in [2.05, 4.69) is 25.7 Å². The number of anilines is 1. The monoisotopic (exact) mass is 506 g/mol. The number of nitrogens with one attached hydrogen (secondary N) is 3. The van der Waals surface area contributed by atoms with Crippen molar-refractivity contribution < 1.29 is 33.8 Å². The van der Waals surface area contributed by atoms with Crippen molar-refractivity contribution in [1.82, 2.24) is 15.6 Å². The molecule has 0 bridgehead atoms. The zero-order valence-corrected chi connectivity index (χ0v) is 21.2. The van der Waals surface area contributed by atoms with E-state index in [1.807, 2.05) is 0 Å². The zero-order valence-electron chi connectivity index (χ0n) is 20.4. The van der Waals surface area contributed by atoms with E-state index < -0.39 is 48.2 Å². The largest absolute Gasteiger partial charge is 0.467 e. The van der Waals surface area contributed by atoms with Crippen LogP contribution >= 0.6 is 11.3 Å². The van der Waals surface area contributed by atoms with Gasteiger partial charge in [0.15, 0.2) is 0 Å². The van der Waals surface area contributed by atoms with Gasteiger partial charge in [-0.2, -0.15) is 0 Å². The third-order valence-electron chi connectivity index (χ3n) is 4.51. The summed E-state index contributed by atoms with van der Waals surface area (Å²) in [4.78, 5) is 53.4. The van der Waals surface area contributed by atoms with Crippen molar-refractivity contribution in [3.8, 4) is 10.6 Å². The third kappa shape index (κ3) is 8.04. The molecule has 0 fully saturated rings. The molecular weight excluding hydrogens is 476 g/mol. The number of ether oxygens (including phenoxy) is 2. The first-order valence-corrected chi connectivity index (χ1v) is 11.5. The molecule has 0 saturated heterocycles. The fraction of sp³-hybridized carbons (Fsp3) is 0.435. The van der Waals surface area contributed by atoms with E-state index in [4.69, 9.17) is 4.74 Å². The van der Waals surface area contributed by atoms with E-state index in [1.165, 1.54) is 25.4 Å². The zero-order chi connectivity index (χ0) is 26.3. The first-order valence-electron chi connectivity index (χ1n) is 10.7. The van der Waals surface area contributed by atoms with Crippen LogP contribution in [0.15, 0.2) is 24.3 Å². The summed E-state index contributed by atoms with van der Waals surface area (Å²) in [7, 11) is 1.18. The Balaban J connectivity index is 2.08. The third-order valence-corrected chi connectivity index (χ3v) is 5.53. The Kier molecular flexibility index (Phi) is 9.32. The van der Waals surface area contributed by atoms with Crippen molar-refractivity contribution >= 4 is 40.9 Å². The van der Waals surface area contributed by atoms with Crippen LogP contribution in [0.5, 0.6) is 0 Å². The first-order chi connectivity index (χ1) is 16.3. The molecule has 2 rings (SSSR count). The van der Waals surface area contributed by atoms with Gasteiger partial charge >= 0.3 is 12.1 Å². The standard InChI is InChI=1S/C23H30N4O7S/c1-12(21(31)33-6)24-18(29)16(11-28)26-19(30)17-13(2)35-20(27-17)14-7-9-15(10-8-14)25-22(32)34-23(3,4)5/h7-10,12,16,28H,11H2,1-6H3,(H,24,29)(H,25,32)(H,26,30)/t12-,16-/m0/s1. The Hall–Kier alpha value is -3.51. The molecule has 4 N–H and O–H groups in total. The van der Waals surface area contributed by atoms with Crippen LogP contribution in [0.25, 0.3) is 10.6 Å². The van der Waals surface area contributed by atoms with Crippen molar-refractivity contribution in [2.45, 2.75) is 52.3 Å². The Labute approximate surface area is 207 Å². The Morgan fingerprint density at radius 2 is 1.74 bits per heavy atom. The number of rotatable bonds is 8. The molecular formula is C23H30N4O7S. The highest BCUT2D eigenvalue weighted by atomic mass is 32.1. The summed E-state index contributed by atoms with van der Waals surface area (Å²) in [5.74, 6) is -2.04. The second-order valence-corrected chi connectivity index (χ2v) is 9.79. The van der Waals surface area contributed by atoms with E-state index in [0.717, 1.165) is 5.56 Å². The van der Waals surface area contributed by atoms with Gasteiger partial charge in [-0.25, -0.2) is 14.6 Å². The normalized spacial score (nSPS) is 12.8. The van der Waals surface area contributed by atoms with Crippen LogP contribution < -0.4 is 16.0 Å². The number of aliphatic hydroxyl groups is 1. The second kappa shape index (κ2) is 11.8. The Morgan fingerprint density at radius 1 is 1.11 bits per heavy atom. The maximum Gasteiger partial charge on any atom is 0.412 e. The summed E-state index contributed by atoms with van der Waals surface area (Å²) in [5.41, 5.74) is 0.741. The Morgan fingerprint density at radius 3 is 2.29 bits per heavy atom. The minimum absolute atomic E-state index is 0.105. The molecule has 1 aromatic carbocycles. The van der Waals surface area contributed by atoms with E-state index in [0.29, 0.717) is 15.6 Å². The summed E-state index contributed by atoms with van der Waals surface area (Å²) in [6, 6.07) is 4.63. The van der Waals surface area contributed by atoms with Crippen molar-refractivity contribution in [3.63, 3.8) is 0 Å². The van der Waals surface area contributed by atoms with E-state index in [-0.39, 0.29) is 5.69 Å². The highest BCUT2D eigenvalue weighted by molar-refractivity contribution is 7.15. The van der Waals surface area contributed by atoms with Gasteiger partial charge in [0, 0.05) is 16.1 Å². The number of methoxy groups -OCH3 is 1. The van der Waals surface area contributed by atoms with Crippen LogP contribution in [0.2, 0.25) is 0 Å². The molecule has 0 saturated carbocycles. The van der Waals surface area contributed by atoms with E-state index in [9.17, 15) is 24.3 Å². The van der Waals surface area contributed by atoms with Gasteiger partial charge in [-0.1, -0.05) is 0 Å². The molecule has 11 nitrogen and oxygen atoms in total. The summed E-state index contributed by atoms with van der Waals surface area (Å²) in [6.45, 7) is 7.77. The second-order valence-electron chi connectivity index (χ2n) is 8.59. The molecule has 190 valence electrons. The maximum atomic E-state index is 12.7. The molecule has 2 atom stereocenters. The SMILES string of the molecule is COC(=O)[C@H](C)NC(=O)[C@H](CO)NC(=O)c1nc(-c2ccc(NC(=O)OC(C)(C)C)cc2)sc1C. The summed E-state index contributed by atoms with van der Waals surface area (Å²) in [6.07, 6.45) is -0.572. The molecule has 0 aliphatic rings. The average Bonchev–Trinajstić information content (AvgIpc) is 3.17. The van der Waals surface area contributed by atoms with Crippen LogP contribution in [0.4, 0.5) is 10.5 Å². The number of amides is 3. The maximum absolute atomic E-state index is 12.7. The number of benzene rings is 1. The predicted molar refractivity (Wildman–Crippen MR) is 130 cm³/mol. The van der Waals surface area contributed by atoms with E-state index >= 15 is 0 Å². The molecule has 0 spiro atoms. The highest BCUT2D eigenvalue weighted by Gasteiger charge is 2.26. The molecule has 3 amide bonds. The van der Waals surface area contributed by atoms with Gasteiger partial charge < -0.3 is 25.2 Å². The quantitative estimate of drug-likeness (QED) is 0.397. The summed E-state index contributed by atoms with van der Waals surface area (Å²) < 4.78 is 9.77. The lowest BCUT2D eigenvalue weighted by atomic mass is 10.2. The van der Waals surface area contributed by atoms with Crippen LogP contribution in [0.1, 0.15) is 43.1 Å². The molecule has 0 aliphatic heterocycles. The number of aromatic nitrogens is 1. The fourth-order valence-electron chi connectivity index (χ4n) is 2.82. The highest BCUT2D eigenvalue weighted by Crippen LogP contribution is 2.28. The molecule has 12 heteroatoms. The van der Waals surface area contributed by atoms with Gasteiger partial charge in [-0.05, 0) is 58.9 Å². The van der Waals surface area contributed by atoms with Gasteiger partial charge in [0.2, 0.25) is 5.91 Å². The van der Waals surface area contributed by atoms with Gasteiger partial charge in [-0.3, -0.25) is 14.9 Å². The number of esters is 1. The van der Waals surface area contributed by atoms with Crippen LogP contribution in [0.3, 0.4) is 0 Å². The molecule has 0 aliphatic carbocycles. The van der Waals surface area contributed by atoms with Crippen molar-refractivity contribution in [2.75, 3.05) is 19.0 Å². The number of nitrogens with zero attached hydrogens (tertiary/aromatic N) is 1. The predicted octanol–water partition coefficient (Wildman–Crippen LogP) is 2.23. The average molecular weight is 507 g/mol. The molecule has 0 unspecified atom stereocenters. The number of carbonyl (C=O) groups excluding carboxylic acids is 4. The number of thiazole rings is 1. The molecule has 1 aromatic heterocycles. The minimum atomic E-state index is -1.28. The van der Waals surface area contributed by atoms with Crippen molar-refractivity contribution in [2.24, 2.45) is 0 Å². The van der Waals surface area contributed by atoms with Crippen LogP contribution in [-0.4, -0.2) is 65.4 Å². The molecule has 1 heterocycles. The topological polar surface area (TPSA) is 156 Å². The van der Waals surface area contributed by atoms with Crippen molar-refractivity contribution in [1.29, 1.82) is 0 Å².